The number of piperazine rings is 1. The molecule has 27 heavy (non-hydrogen) atoms. The normalized spacial score (nSPS) is 17.1. The van der Waals surface area contributed by atoms with E-state index in [2.05, 4.69) is 50.8 Å². The molecule has 0 N–H and O–H groups in total. The molecule has 2 aromatic carbocycles. The quantitative estimate of drug-likeness (QED) is 0.768. The molecule has 4 nitrogen and oxygen atoms in total. The summed E-state index contributed by atoms with van der Waals surface area (Å²) in [4.78, 5) is 2.69. The van der Waals surface area contributed by atoms with E-state index in [-0.39, 0.29) is 0 Å². The molecule has 0 aromatic heterocycles. The molecule has 1 atom stereocenters. The van der Waals surface area contributed by atoms with E-state index in [4.69, 9.17) is 0 Å². The number of nitrogens with zero attached hydrogens (tertiary/aromatic N) is 2. The first-order chi connectivity index (χ1) is 12.8. The van der Waals surface area contributed by atoms with Crippen molar-refractivity contribution >= 4 is 15.7 Å². The third kappa shape index (κ3) is 4.04. The molecule has 3 rings (SSSR count). The Kier molecular flexibility index (Phi) is 5.92. The van der Waals surface area contributed by atoms with Crippen molar-refractivity contribution in [2.24, 2.45) is 0 Å². The van der Waals surface area contributed by atoms with Gasteiger partial charge in [0.05, 0.1) is 4.90 Å². The highest BCUT2D eigenvalue weighted by molar-refractivity contribution is 7.89. The molecular formula is C22H30N2O2S. The predicted molar refractivity (Wildman–Crippen MR) is 112 cm³/mol. The minimum atomic E-state index is -3.43. The Morgan fingerprint density at radius 2 is 1.59 bits per heavy atom. The van der Waals surface area contributed by atoms with E-state index >= 15 is 0 Å². The van der Waals surface area contributed by atoms with Gasteiger partial charge in [0.15, 0.2) is 0 Å². The Labute approximate surface area is 163 Å². The minimum absolute atomic E-state index is 0.398. The zero-order valence-electron chi connectivity index (χ0n) is 16.8. The zero-order chi connectivity index (χ0) is 19.6. The topological polar surface area (TPSA) is 40.6 Å². The Morgan fingerprint density at radius 1 is 0.963 bits per heavy atom. The Balaban J connectivity index is 1.72. The third-order valence-corrected chi connectivity index (χ3v) is 7.77. The maximum atomic E-state index is 13.0. The monoisotopic (exact) mass is 386 g/mol. The van der Waals surface area contributed by atoms with E-state index in [1.807, 2.05) is 12.1 Å². The number of hydrogen-bond donors (Lipinski definition) is 0. The summed E-state index contributed by atoms with van der Waals surface area (Å²) in [5.41, 5.74) is 4.94. The summed E-state index contributed by atoms with van der Waals surface area (Å²) >= 11 is 0. The van der Waals surface area contributed by atoms with Crippen LogP contribution >= 0.6 is 0 Å². The summed E-state index contributed by atoms with van der Waals surface area (Å²) < 4.78 is 27.6. The van der Waals surface area contributed by atoms with Crippen LogP contribution in [-0.4, -0.2) is 38.9 Å². The summed E-state index contributed by atoms with van der Waals surface area (Å²) in [6, 6.07) is 13.7. The number of anilines is 1. The van der Waals surface area contributed by atoms with Crippen molar-refractivity contribution in [3.05, 3.63) is 59.2 Å². The van der Waals surface area contributed by atoms with E-state index in [0.29, 0.717) is 37.0 Å². The van der Waals surface area contributed by atoms with Gasteiger partial charge >= 0.3 is 0 Å². The van der Waals surface area contributed by atoms with Crippen LogP contribution in [0.5, 0.6) is 0 Å². The molecule has 0 aliphatic carbocycles. The molecule has 1 unspecified atom stereocenters. The van der Waals surface area contributed by atoms with Crippen LogP contribution in [0.1, 0.15) is 42.9 Å². The molecule has 0 spiro atoms. The largest absolute Gasteiger partial charge is 0.369 e. The Morgan fingerprint density at radius 3 is 2.19 bits per heavy atom. The molecule has 1 aliphatic rings. The maximum absolute atomic E-state index is 13.0. The van der Waals surface area contributed by atoms with Crippen molar-refractivity contribution in [2.45, 2.75) is 44.9 Å². The van der Waals surface area contributed by atoms with Crippen molar-refractivity contribution < 1.29 is 8.42 Å². The lowest BCUT2D eigenvalue weighted by molar-refractivity contribution is 0.384. The van der Waals surface area contributed by atoms with Crippen molar-refractivity contribution in [3.8, 4) is 0 Å². The molecule has 0 saturated carbocycles. The fourth-order valence-electron chi connectivity index (χ4n) is 3.60. The fraction of sp³-hybridized carbons (Fsp3) is 0.455. The second-order valence-electron chi connectivity index (χ2n) is 7.49. The van der Waals surface area contributed by atoms with Crippen LogP contribution in [0.3, 0.4) is 0 Å². The van der Waals surface area contributed by atoms with Gasteiger partial charge in [-0.05, 0) is 61.1 Å². The molecule has 0 amide bonds. The highest BCUT2D eigenvalue weighted by Gasteiger charge is 2.29. The lowest BCUT2D eigenvalue weighted by Gasteiger charge is -2.36. The maximum Gasteiger partial charge on any atom is 0.243 e. The summed E-state index contributed by atoms with van der Waals surface area (Å²) in [6.07, 6.45) is 1.05. The van der Waals surface area contributed by atoms with Gasteiger partial charge in [-0.3, -0.25) is 0 Å². The fourth-order valence-corrected chi connectivity index (χ4v) is 5.02. The predicted octanol–water partition coefficient (Wildman–Crippen LogP) is 4.33. The molecule has 5 heteroatoms. The highest BCUT2D eigenvalue weighted by Crippen LogP contribution is 2.26. The van der Waals surface area contributed by atoms with Crippen LogP contribution < -0.4 is 4.90 Å². The van der Waals surface area contributed by atoms with E-state index in [1.54, 1.807) is 16.4 Å². The van der Waals surface area contributed by atoms with Gasteiger partial charge in [-0.15, -0.1) is 0 Å². The lowest BCUT2D eigenvalue weighted by atomic mass is 9.99. The van der Waals surface area contributed by atoms with Crippen molar-refractivity contribution in [1.82, 2.24) is 4.31 Å². The number of benzene rings is 2. The molecule has 1 fully saturated rings. The van der Waals surface area contributed by atoms with Crippen LogP contribution in [-0.2, 0) is 10.0 Å². The number of sulfonamides is 1. The van der Waals surface area contributed by atoms with E-state index in [0.717, 1.165) is 6.42 Å². The summed E-state index contributed by atoms with van der Waals surface area (Å²) in [5, 5.41) is 0. The molecular weight excluding hydrogens is 356 g/mol. The van der Waals surface area contributed by atoms with Crippen LogP contribution in [0.25, 0.3) is 0 Å². The number of aryl methyl sites for hydroxylation is 1. The zero-order valence-corrected chi connectivity index (χ0v) is 17.6. The summed E-state index contributed by atoms with van der Waals surface area (Å²) in [6.45, 7) is 11.0. The second kappa shape index (κ2) is 8.03. The van der Waals surface area contributed by atoms with Gasteiger partial charge in [0.2, 0.25) is 10.0 Å². The Bertz CT molecular complexity index is 883. The molecule has 0 bridgehead atoms. The summed E-state index contributed by atoms with van der Waals surface area (Å²) in [7, 11) is -3.43. The van der Waals surface area contributed by atoms with Crippen molar-refractivity contribution in [2.75, 3.05) is 31.1 Å². The molecule has 1 saturated heterocycles. The van der Waals surface area contributed by atoms with Gasteiger partial charge in [-0.25, -0.2) is 8.42 Å². The first-order valence-corrected chi connectivity index (χ1v) is 11.2. The van der Waals surface area contributed by atoms with Gasteiger partial charge in [-0.2, -0.15) is 4.31 Å². The van der Waals surface area contributed by atoms with E-state index in [1.165, 1.54) is 22.4 Å². The molecule has 1 heterocycles. The van der Waals surface area contributed by atoms with Gasteiger partial charge in [0, 0.05) is 31.9 Å². The molecule has 2 aromatic rings. The minimum Gasteiger partial charge on any atom is -0.369 e. The second-order valence-corrected chi connectivity index (χ2v) is 9.43. The van der Waals surface area contributed by atoms with E-state index < -0.39 is 10.0 Å². The highest BCUT2D eigenvalue weighted by atomic mass is 32.2. The van der Waals surface area contributed by atoms with Crippen LogP contribution in [0.15, 0.2) is 47.4 Å². The molecule has 1 aliphatic heterocycles. The first kappa shape index (κ1) is 19.9. The average Bonchev–Trinajstić information content (AvgIpc) is 2.69. The smallest absolute Gasteiger partial charge is 0.243 e. The van der Waals surface area contributed by atoms with Crippen LogP contribution in [0.4, 0.5) is 5.69 Å². The van der Waals surface area contributed by atoms with Crippen molar-refractivity contribution in [3.63, 3.8) is 0 Å². The number of hydrogen-bond acceptors (Lipinski definition) is 3. The van der Waals surface area contributed by atoms with Gasteiger partial charge in [0.1, 0.15) is 0 Å². The van der Waals surface area contributed by atoms with E-state index in [9.17, 15) is 8.42 Å². The van der Waals surface area contributed by atoms with Gasteiger partial charge < -0.3 is 4.90 Å². The third-order valence-electron chi connectivity index (χ3n) is 5.85. The SMILES string of the molecule is CCC(C)c1ccc(S(=O)(=O)N2CCN(c3cccc(C)c3C)CC2)cc1. The molecule has 0 radical (unpaired) electrons. The first-order valence-electron chi connectivity index (χ1n) is 9.76. The standard InChI is InChI=1S/C22H30N2O2S/c1-5-17(2)20-9-11-21(12-10-20)27(25,26)24-15-13-23(14-16-24)22-8-6-7-18(3)19(22)4/h6-12,17H,5,13-16H2,1-4H3. The van der Waals surface area contributed by atoms with Crippen LogP contribution in [0.2, 0.25) is 0 Å². The average molecular weight is 387 g/mol. The summed E-state index contributed by atoms with van der Waals surface area (Å²) in [5.74, 6) is 0.447. The van der Waals surface area contributed by atoms with Crippen LogP contribution in [0, 0.1) is 13.8 Å². The van der Waals surface area contributed by atoms with Gasteiger partial charge in [-0.1, -0.05) is 38.1 Å². The number of rotatable bonds is 5. The lowest BCUT2D eigenvalue weighted by Crippen LogP contribution is -2.48. The molecule has 146 valence electrons. The Hall–Kier alpha value is -1.85. The van der Waals surface area contributed by atoms with Crippen molar-refractivity contribution in [1.29, 1.82) is 0 Å². The van der Waals surface area contributed by atoms with Gasteiger partial charge in [0.25, 0.3) is 0 Å².